The van der Waals surface area contributed by atoms with Crippen LogP contribution in [0.25, 0.3) is 11.4 Å². The van der Waals surface area contributed by atoms with Gasteiger partial charge in [0.2, 0.25) is 0 Å². The van der Waals surface area contributed by atoms with Crippen LogP contribution in [0, 0.1) is 12.7 Å². The summed E-state index contributed by atoms with van der Waals surface area (Å²) in [7, 11) is 3.53. The molecule has 4 rings (SSSR count). The lowest BCUT2D eigenvalue weighted by Gasteiger charge is -2.45. The second-order valence-electron chi connectivity index (χ2n) is 7.35. The molecule has 3 aromatic heterocycles. The molecule has 0 aliphatic carbocycles. The number of H-pyrrole nitrogens is 1. The van der Waals surface area contributed by atoms with Crippen molar-refractivity contribution in [3.63, 3.8) is 0 Å². The van der Waals surface area contributed by atoms with Crippen molar-refractivity contribution in [3.05, 3.63) is 41.7 Å². The van der Waals surface area contributed by atoms with Crippen molar-refractivity contribution < 1.29 is 18.4 Å². The number of anilines is 2. The topological polar surface area (TPSA) is 100 Å². The molecule has 0 atom stereocenters. The molecule has 9 nitrogen and oxygen atoms in total. The van der Waals surface area contributed by atoms with Gasteiger partial charge in [0.1, 0.15) is 17.2 Å². The van der Waals surface area contributed by atoms with Gasteiger partial charge in [0.15, 0.2) is 17.3 Å². The Bertz CT molecular complexity index is 1040. The van der Waals surface area contributed by atoms with Gasteiger partial charge in [0.25, 0.3) is 5.91 Å². The first-order valence-corrected chi connectivity index (χ1v) is 9.03. The minimum Gasteiger partial charge on any atom is -0.376 e. The van der Waals surface area contributed by atoms with E-state index in [9.17, 15) is 9.18 Å². The highest BCUT2D eigenvalue weighted by molar-refractivity contribution is 5.94. The lowest BCUT2D eigenvalue weighted by atomic mass is 9.98. The maximum atomic E-state index is 13.2. The molecule has 1 N–H and O–H groups in total. The van der Waals surface area contributed by atoms with Gasteiger partial charge in [-0.1, -0.05) is 5.16 Å². The molecule has 1 aliphatic heterocycles. The molecule has 0 aromatic carbocycles. The van der Waals surface area contributed by atoms with Crippen LogP contribution in [0.2, 0.25) is 0 Å². The SMILES string of the molecule is Cc1onc(-c2ccc(F)cn2)c1N(C)c1cc(C(=O)N(C)C2(C)COC2)[nH]n1. The normalized spacial score (nSPS) is 15.1. The number of nitrogens with one attached hydrogen (secondary N) is 1. The van der Waals surface area contributed by atoms with Gasteiger partial charge >= 0.3 is 0 Å². The Kier molecular flexibility index (Phi) is 4.58. The fourth-order valence-electron chi connectivity index (χ4n) is 3.17. The van der Waals surface area contributed by atoms with E-state index >= 15 is 0 Å². The molecule has 0 radical (unpaired) electrons. The summed E-state index contributed by atoms with van der Waals surface area (Å²) in [5, 5.41) is 11.1. The van der Waals surface area contributed by atoms with Crippen LogP contribution < -0.4 is 4.90 Å². The van der Waals surface area contributed by atoms with Crippen LogP contribution in [-0.4, -0.2) is 64.0 Å². The molecule has 0 unspecified atom stereocenters. The predicted molar refractivity (Wildman–Crippen MR) is 102 cm³/mol. The summed E-state index contributed by atoms with van der Waals surface area (Å²) in [6.45, 7) is 4.74. The molecule has 152 valence electrons. The van der Waals surface area contributed by atoms with Crippen molar-refractivity contribution in [1.29, 1.82) is 0 Å². The third-order valence-corrected chi connectivity index (χ3v) is 5.22. The van der Waals surface area contributed by atoms with Crippen molar-refractivity contribution in [2.45, 2.75) is 19.4 Å². The van der Waals surface area contributed by atoms with Crippen LogP contribution in [0.5, 0.6) is 0 Å². The van der Waals surface area contributed by atoms with Crippen molar-refractivity contribution in [1.82, 2.24) is 25.2 Å². The molecule has 10 heteroatoms. The molecule has 29 heavy (non-hydrogen) atoms. The van der Waals surface area contributed by atoms with E-state index in [-0.39, 0.29) is 11.4 Å². The number of likely N-dealkylation sites (N-methyl/N-ethyl adjacent to an activating group) is 1. The lowest BCUT2D eigenvalue weighted by Crippen LogP contribution is -2.60. The number of nitrogens with zero attached hydrogens (tertiary/aromatic N) is 5. The Morgan fingerprint density at radius 2 is 2.07 bits per heavy atom. The number of hydrogen-bond donors (Lipinski definition) is 1. The van der Waals surface area contributed by atoms with Crippen LogP contribution >= 0.6 is 0 Å². The highest BCUT2D eigenvalue weighted by Gasteiger charge is 2.40. The average Bonchev–Trinajstić information content (AvgIpc) is 3.32. The summed E-state index contributed by atoms with van der Waals surface area (Å²) in [6, 6.07) is 4.50. The molecular formula is C19H21FN6O3. The van der Waals surface area contributed by atoms with E-state index < -0.39 is 5.82 Å². The highest BCUT2D eigenvalue weighted by atomic mass is 19.1. The van der Waals surface area contributed by atoms with Crippen molar-refractivity contribution in [2.24, 2.45) is 0 Å². The molecule has 1 amide bonds. The van der Waals surface area contributed by atoms with Crippen LogP contribution in [0.15, 0.2) is 28.9 Å². The second-order valence-corrected chi connectivity index (χ2v) is 7.35. The van der Waals surface area contributed by atoms with E-state index in [4.69, 9.17) is 9.26 Å². The van der Waals surface area contributed by atoms with Crippen molar-refractivity contribution in [3.8, 4) is 11.4 Å². The number of aromatic nitrogens is 4. The fourth-order valence-corrected chi connectivity index (χ4v) is 3.17. The minimum atomic E-state index is -0.436. The molecule has 4 heterocycles. The summed E-state index contributed by atoms with van der Waals surface area (Å²) in [6.07, 6.45) is 1.12. The number of carbonyl (C=O) groups excluding carboxylic acids is 1. The lowest BCUT2D eigenvalue weighted by molar-refractivity contribution is -0.108. The van der Waals surface area contributed by atoms with Gasteiger partial charge in [-0.2, -0.15) is 5.10 Å². The minimum absolute atomic E-state index is 0.176. The van der Waals surface area contributed by atoms with E-state index in [1.165, 1.54) is 12.1 Å². The van der Waals surface area contributed by atoms with Gasteiger partial charge in [-0.15, -0.1) is 0 Å². The van der Waals surface area contributed by atoms with E-state index in [2.05, 4.69) is 20.3 Å². The number of carbonyl (C=O) groups is 1. The monoisotopic (exact) mass is 400 g/mol. The van der Waals surface area contributed by atoms with E-state index in [0.717, 1.165) is 6.20 Å². The zero-order valence-corrected chi connectivity index (χ0v) is 16.6. The Morgan fingerprint density at radius 1 is 1.31 bits per heavy atom. The van der Waals surface area contributed by atoms with Crippen molar-refractivity contribution in [2.75, 3.05) is 32.2 Å². The zero-order chi connectivity index (χ0) is 20.8. The summed E-state index contributed by atoms with van der Waals surface area (Å²) in [5.41, 5.74) is 1.59. The first-order valence-electron chi connectivity index (χ1n) is 9.03. The number of ether oxygens (including phenoxy) is 1. The van der Waals surface area contributed by atoms with Gasteiger partial charge in [0.05, 0.1) is 30.6 Å². The Balaban J connectivity index is 1.62. The standard InChI is InChI=1S/C19H21FN6O3/c1-11-17(16(24-29-11)13-6-5-12(20)8-21-13)25(3)15-7-14(22-23-15)18(27)26(4)19(2)9-28-10-19/h5-8H,9-10H2,1-4H3,(H,22,23). The molecular weight excluding hydrogens is 379 g/mol. The Morgan fingerprint density at radius 3 is 2.69 bits per heavy atom. The van der Waals surface area contributed by atoms with Gasteiger partial charge in [-0.05, 0) is 26.0 Å². The number of halogens is 1. The number of aromatic amines is 1. The fraction of sp³-hybridized carbons (Fsp3) is 0.368. The third-order valence-electron chi connectivity index (χ3n) is 5.22. The van der Waals surface area contributed by atoms with Crippen LogP contribution in [0.3, 0.4) is 0 Å². The first-order chi connectivity index (χ1) is 13.8. The van der Waals surface area contributed by atoms with E-state index in [0.29, 0.717) is 47.6 Å². The maximum Gasteiger partial charge on any atom is 0.272 e. The van der Waals surface area contributed by atoms with Gasteiger partial charge in [-0.3, -0.25) is 14.9 Å². The summed E-state index contributed by atoms with van der Waals surface area (Å²) >= 11 is 0. The van der Waals surface area contributed by atoms with E-state index in [1.807, 2.05) is 6.92 Å². The third kappa shape index (κ3) is 3.25. The number of pyridine rings is 1. The quantitative estimate of drug-likeness (QED) is 0.702. The summed E-state index contributed by atoms with van der Waals surface area (Å²) in [5.74, 6) is 0.437. The van der Waals surface area contributed by atoms with Gasteiger partial charge in [0, 0.05) is 20.2 Å². The number of hydrogen-bond acceptors (Lipinski definition) is 7. The molecule has 1 aliphatic rings. The van der Waals surface area contributed by atoms with Crippen LogP contribution in [0.1, 0.15) is 23.2 Å². The molecule has 1 fully saturated rings. The Hall–Kier alpha value is -3.27. The Labute approximate surface area is 166 Å². The molecule has 3 aromatic rings. The van der Waals surface area contributed by atoms with Gasteiger partial charge in [-0.25, -0.2) is 4.39 Å². The van der Waals surface area contributed by atoms with Crippen LogP contribution in [-0.2, 0) is 4.74 Å². The zero-order valence-electron chi connectivity index (χ0n) is 16.6. The predicted octanol–water partition coefficient (Wildman–Crippen LogP) is 2.54. The number of rotatable bonds is 5. The molecule has 0 spiro atoms. The molecule has 0 saturated carbocycles. The van der Waals surface area contributed by atoms with Gasteiger partial charge < -0.3 is 19.1 Å². The van der Waals surface area contributed by atoms with Crippen molar-refractivity contribution >= 4 is 17.4 Å². The summed E-state index contributed by atoms with van der Waals surface area (Å²) in [4.78, 5) is 20.3. The average molecular weight is 400 g/mol. The second kappa shape index (κ2) is 6.96. The summed E-state index contributed by atoms with van der Waals surface area (Å²) < 4.78 is 23.8. The van der Waals surface area contributed by atoms with Crippen LogP contribution in [0.4, 0.5) is 15.9 Å². The number of aryl methyl sites for hydroxylation is 1. The smallest absolute Gasteiger partial charge is 0.272 e. The number of amides is 1. The molecule has 0 bridgehead atoms. The first kappa shape index (κ1) is 19.1. The highest BCUT2D eigenvalue weighted by Crippen LogP contribution is 2.35. The largest absolute Gasteiger partial charge is 0.376 e. The maximum absolute atomic E-state index is 13.2. The molecule has 1 saturated heterocycles. The van der Waals surface area contributed by atoms with E-state index in [1.54, 1.807) is 36.9 Å².